The molecule has 174 valence electrons. The minimum absolute atomic E-state index is 0.279. The molecule has 0 aromatic heterocycles. The second-order valence-electron chi connectivity index (χ2n) is 8.08. The number of aliphatic hydroxyl groups excluding tert-OH is 1. The molecule has 2 N–H and O–H groups in total. The number of benzene rings is 3. The second-order valence-corrected chi connectivity index (χ2v) is 8.89. The van der Waals surface area contributed by atoms with Crippen molar-refractivity contribution in [2.24, 2.45) is 10.9 Å². The van der Waals surface area contributed by atoms with Gasteiger partial charge >= 0.3 is 0 Å². The highest BCUT2D eigenvalue weighted by molar-refractivity contribution is 6.42. The van der Waals surface area contributed by atoms with E-state index in [1.54, 1.807) is 26.1 Å². The van der Waals surface area contributed by atoms with Crippen LogP contribution in [0.4, 0.5) is 5.69 Å². The van der Waals surface area contributed by atoms with E-state index < -0.39 is 24.1 Å². The van der Waals surface area contributed by atoms with Crippen molar-refractivity contribution in [2.75, 3.05) is 11.9 Å². The van der Waals surface area contributed by atoms with E-state index in [0.717, 1.165) is 11.1 Å². The number of aliphatic imine (C=N–C) groups is 1. The van der Waals surface area contributed by atoms with Crippen LogP contribution in [-0.2, 0) is 9.59 Å². The van der Waals surface area contributed by atoms with E-state index in [1.165, 1.54) is 11.0 Å². The predicted octanol–water partition coefficient (Wildman–Crippen LogP) is 4.62. The van der Waals surface area contributed by atoms with Gasteiger partial charge in [-0.3, -0.25) is 9.59 Å². The molecule has 8 heteroatoms. The lowest BCUT2D eigenvalue weighted by atomic mass is 9.96. The second kappa shape index (κ2) is 9.97. The lowest BCUT2D eigenvalue weighted by molar-refractivity contribution is -0.132. The van der Waals surface area contributed by atoms with Crippen molar-refractivity contribution in [3.8, 4) is 0 Å². The fraction of sp³-hybridized carbons (Fsp3) is 0.192. The molecule has 4 rings (SSSR count). The molecule has 3 aromatic rings. The average molecular weight is 496 g/mol. The van der Waals surface area contributed by atoms with Gasteiger partial charge in [0.05, 0.1) is 33.5 Å². The molecule has 0 spiro atoms. The molecule has 0 saturated heterocycles. The first kappa shape index (κ1) is 24.0. The zero-order valence-corrected chi connectivity index (χ0v) is 20.1. The van der Waals surface area contributed by atoms with Crippen molar-refractivity contribution >= 4 is 46.4 Å². The molecule has 2 amide bonds. The van der Waals surface area contributed by atoms with Gasteiger partial charge in [-0.15, -0.1) is 0 Å². The number of carbonyl (C=O) groups excluding carboxylic acids is 2. The minimum atomic E-state index is -1.16. The predicted molar refractivity (Wildman–Crippen MR) is 134 cm³/mol. The Bertz CT molecular complexity index is 1260. The number of hydrogen-bond acceptors (Lipinski definition) is 4. The van der Waals surface area contributed by atoms with Crippen molar-refractivity contribution in [3.63, 3.8) is 0 Å². The Morgan fingerprint density at radius 2 is 1.71 bits per heavy atom. The summed E-state index contributed by atoms with van der Waals surface area (Å²) in [4.78, 5) is 32.5. The Morgan fingerprint density at radius 3 is 2.41 bits per heavy atom. The first-order valence-electron chi connectivity index (χ1n) is 10.7. The molecular formula is C26H23Cl2N3O3. The number of rotatable bonds is 5. The summed E-state index contributed by atoms with van der Waals surface area (Å²) >= 11 is 12.0. The van der Waals surface area contributed by atoms with Gasteiger partial charge in [0, 0.05) is 18.2 Å². The van der Waals surface area contributed by atoms with Gasteiger partial charge in [0.25, 0.3) is 5.91 Å². The molecule has 0 radical (unpaired) electrons. The van der Waals surface area contributed by atoms with Crippen LogP contribution in [0.5, 0.6) is 0 Å². The molecule has 0 aliphatic carbocycles. The van der Waals surface area contributed by atoms with Gasteiger partial charge in [0.2, 0.25) is 12.1 Å². The summed E-state index contributed by atoms with van der Waals surface area (Å²) in [7, 11) is 1.65. The Hall–Kier alpha value is -3.19. The summed E-state index contributed by atoms with van der Waals surface area (Å²) in [6.45, 7) is 1.57. The Labute approximate surface area is 207 Å². The first-order chi connectivity index (χ1) is 16.3. The van der Waals surface area contributed by atoms with E-state index in [0.29, 0.717) is 22.0 Å². The zero-order valence-electron chi connectivity index (χ0n) is 18.6. The van der Waals surface area contributed by atoms with E-state index in [4.69, 9.17) is 23.2 Å². The van der Waals surface area contributed by atoms with Crippen molar-refractivity contribution in [2.45, 2.75) is 19.2 Å². The van der Waals surface area contributed by atoms with Gasteiger partial charge in [-0.05, 0) is 23.8 Å². The number of benzodiazepines with no additional fused rings is 1. The van der Waals surface area contributed by atoms with Crippen LogP contribution in [0.15, 0.2) is 77.8 Å². The Balaban J connectivity index is 1.65. The Morgan fingerprint density at radius 1 is 1.03 bits per heavy atom. The van der Waals surface area contributed by atoms with Crippen molar-refractivity contribution in [3.05, 3.63) is 99.5 Å². The molecular weight excluding hydrogens is 473 g/mol. The summed E-state index contributed by atoms with van der Waals surface area (Å²) in [6.07, 6.45) is -2.31. The van der Waals surface area contributed by atoms with Gasteiger partial charge in [-0.1, -0.05) is 84.7 Å². The molecule has 0 saturated carbocycles. The molecule has 0 bridgehead atoms. The molecule has 3 aromatic carbocycles. The number of fused-ring (bicyclic) bond motifs is 1. The summed E-state index contributed by atoms with van der Waals surface area (Å²) < 4.78 is 0. The van der Waals surface area contributed by atoms with Crippen LogP contribution in [0.3, 0.4) is 0 Å². The monoisotopic (exact) mass is 495 g/mol. The molecule has 0 fully saturated rings. The smallest absolute Gasteiger partial charge is 0.272 e. The van der Waals surface area contributed by atoms with Gasteiger partial charge < -0.3 is 15.3 Å². The zero-order chi connectivity index (χ0) is 24.4. The van der Waals surface area contributed by atoms with Crippen LogP contribution < -0.4 is 10.2 Å². The maximum atomic E-state index is 13.3. The van der Waals surface area contributed by atoms with E-state index in [1.807, 2.05) is 54.6 Å². The highest BCUT2D eigenvalue weighted by Gasteiger charge is 2.33. The molecule has 0 unspecified atom stereocenters. The number of anilines is 1. The topological polar surface area (TPSA) is 82.0 Å². The van der Waals surface area contributed by atoms with E-state index in [2.05, 4.69) is 10.3 Å². The van der Waals surface area contributed by atoms with Crippen LogP contribution in [0.2, 0.25) is 10.0 Å². The number of aliphatic hydroxyl groups is 1. The summed E-state index contributed by atoms with van der Waals surface area (Å²) in [5, 5.41) is 14.1. The SMILES string of the molecule is C[C@H](C(=O)N[C@H]1N=C(c2ccccc2)c2ccccc2N(C)C1=O)[C@@H](O)c1ccc(Cl)c(Cl)c1. The standard InChI is InChI=1S/C26H23Cl2N3O3/c1-15(23(32)17-12-13-19(27)20(28)14-17)25(33)30-24-26(34)31(2)21-11-7-6-10-18(21)22(29-24)16-8-4-3-5-9-16/h3-15,23-24,32H,1-2H3,(H,30,33)/t15-,23+,24+/m0/s1. The molecule has 6 nitrogen and oxygen atoms in total. The number of para-hydroxylation sites is 1. The van der Waals surface area contributed by atoms with Crippen LogP contribution >= 0.6 is 23.2 Å². The maximum Gasteiger partial charge on any atom is 0.272 e. The molecule has 34 heavy (non-hydrogen) atoms. The highest BCUT2D eigenvalue weighted by atomic mass is 35.5. The number of likely N-dealkylation sites (N-methyl/N-ethyl adjacent to an activating group) is 1. The lowest BCUT2D eigenvalue weighted by Gasteiger charge is -2.23. The number of nitrogens with zero attached hydrogens (tertiary/aromatic N) is 2. The van der Waals surface area contributed by atoms with Crippen LogP contribution in [0.25, 0.3) is 0 Å². The molecule has 3 atom stereocenters. The Kier molecular flexibility index (Phi) is 7.03. The fourth-order valence-corrected chi connectivity index (χ4v) is 4.14. The molecule has 1 aliphatic heterocycles. The molecule has 1 aliphatic rings. The number of carbonyl (C=O) groups is 2. The van der Waals surface area contributed by atoms with E-state index in [-0.39, 0.29) is 10.9 Å². The van der Waals surface area contributed by atoms with Crippen LogP contribution in [-0.4, -0.2) is 35.8 Å². The average Bonchev–Trinajstić information content (AvgIpc) is 2.96. The van der Waals surface area contributed by atoms with Crippen LogP contribution in [0, 0.1) is 5.92 Å². The largest absolute Gasteiger partial charge is 0.388 e. The van der Waals surface area contributed by atoms with Gasteiger partial charge in [-0.25, -0.2) is 4.99 Å². The summed E-state index contributed by atoms with van der Waals surface area (Å²) in [5.74, 6) is -1.79. The number of hydrogen-bond donors (Lipinski definition) is 2. The third-order valence-electron chi connectivity index (χ3n) is 5.84. The third kappa shape index (κ3) is 4.71. The van der Waals surface area contributed by atoms with Crippen molar-refractivity contribution in [1.82, 2.24) is 5.32 Å². The highest BCUT2D eigenvalue weighted by Crippen LogP contribution is 2.30. The lowest BCUT2D eigenvalue weighted by Crippen LogP contribution is -2.48. The van der Waals surface area contributed by atoms with Crippen molar-refractivity contribution in [1.29, 1.82) is 0 Å². The summed E-state index contributed by atoms with van der Waals surface area (Å²) in [5.41, 5.74) is 3.33. The van der Waals surface area contributed by atoms with E-state index >= 15 is 0 Å². The normalized spacial score (nSPS) is 17.3. The number of amides is 2. The van der Waals surface area contributed by atoms with Crippen molar-refractivity contribution < 1.29 is 14.7 Å². The number of nitrogens with one attached hydrogen (secondary N) is 1. The quantitative estimate of drug-likeness (QED) is 0.541. The van der Waals surface area contributed by atoms with Gasteiger partial charge in [-0.2, -0.15) is 0 Å². The third-order valence-corrected chi connectivity index (χ3v) is 6.58. The van der Waals surface area contributed by atoms with Crippen LogP contribution in [0.1, 0.15) is 29.7 Å². The first-order valence-corrected chi connectivity index (χ1v) is 11.5. The molecule has 1 heterocycles. The number of halogens is 2. The minimum Gasteiger partial charge on any atom is -0.388 e. The van der Waals surface area contributed by atoms with Gasteiger partial charge in [0.1, 0.15) is 0 Å². The fourth-order valence-electron chi connectivity index (χ4n) is 3.84. The summed E-state index contributed by atoms with van der Waals surface area (Å²) in [6, 6.07) is 21.6. The van der Waals surface area contributed by atoms with Gasteiger partial charge in [0.15, 0.2) is 0 Å². The van der Waals surface area contributed by atoms with E-state index in [9.17, 15) is 14.7 Å². The maximum absolute atomic E-state index is 13.3.